The zero-order chi connectivity index (χ0) is 16.7. The summed E-state index contributed by atoms with van der Waals surface area (Å²) in [5.41, 5.74) is 0. The van der Waals surface area contributed by atoms with Crippen LogP contribution in [0.4, 0.5) is 0 Å². The van der Waals surface area contributed by atoms with E-state index < -0.39 is 44.7 Å². The third-order valence-electron chi connectivity index (χ3n) is 2.20. The van der Waals surface area contributed by atoms with Crippen LogP contribution in [0.5, 0.6) is 5.75 Å². The van der Waals surface area contributed by atoms with E-state index in [0.717, 1.165) is 0 Å². The number of esters is 1. The van der Waals surface area contributed by atoms with Crippen molar-refractivity contribution in [3.05, 3.63) is 27.8 Å². The van der Waals surface area contributed by atoms with Crippen LogP contribution in [-0.2, 0) is 25.3 Å². The molecule has 0 amide bonds. The van der Waals surface area contributed by atoms with Gasteiger partial charge in [0, 0.05) is 0 Å². The second kappa shape index (κ2) is 8.57. The Morgan fingerprint density at radius 2 is 1.59 bits per heavy atom. The van der Waals surface area contributed by atoms with Gasteiger partial charge in [0.25, 0.3) is 0 Å². The number of carbonyl (C=O) groups is 3. The summed E-state index contributed by atoms with van der Waals surface area (Å²) in [7, 11) is 1.25. The number of methoxy groups -OCH3 is 1. The molecule has 7 nitrogen and oxygen atoms in total. The van der Waals surface area contributed by atoms with Gasteiger partial charge in [0.2, 0.25) is 0 Å². The summed E-state index contributed by atoms with van der Waals surface area (Å²) in [4.78, 5) is 33.9. The van der Waals surface area contributed by atoms with Crippen molar-refractivity contribution in [2.45, 2.75) is 26.9 Å². The second-order valence-electron chi connectivity index (χ2n) is 4.07. The van der Waals surface area contributed by atoms with E-state index in [4.69, 9.17) is 10.9 Å². The SMILES string of the molecule is COC(=O)[C@H](C)Oc1ccccc1I(OC(C)=O)OC(C)=O. The Morgan fingerprint density at radius 3 is 2.09 bits per heavy atom. The van der Waals surface area contributed by atoms with E-state index in [1.54, 1.807) is 24.3 Å². The first-order valence-corrected chi connectivity index (χ1v) is 9.10. The van der Waals surface area contributed by atoms with Gasteiger partial charge in [-0.3, -0.25) is 0 Å². The van der Waals surface area contributed by atoms with Crippen molar-refractivity contribution in [3.63, 3.8) is 0 Å². The molecule has 8 heteroatoms. The van der Waals surface area contributed by atoms with Crippen LogP contribution >= 0.6 is 20.6 Å². The predicted octanol–water partition coefficient (Wildman–Crippen LogP) is 2.26. The molecule has 0 aliphatic rings. The summed E-state index contributed by atoms with van der Waals surface area (Å²) in [6.45, 7) is 3.99. The van der Waals surface area contributed by atoms with Gasteiger partial charge < -0.3 is 0 Å². The molecule has 0 saturated carbocycles. The first-order valence-electron chi connectivity index (χ1n) is 6.26. The van der Waals surface area contributed by atoms with Crippen molar-refractivity contribution in [1.29, 1.82) is 0 Å². The van der Waals surface area contributed by atoms with E-state index >= 15 is 0 Å². The fourth-order valence-electron chi connectivity index (χ4n) is 1.37. The van der Waals surface area contributed by atoms with Crippen molar-refractivity contribution in [2.75, 3.05) is 7.11 Å². The second-order valence-corrected chi connectivity index (χ2v) is 7.35. The number of carbonyl (C=O) groups excluding carboxylic acids is 3. The topological polar surface area (TPSA) is 88.1 Å². The molecule has 0 bridgehead atoms. The van der Waals surface area contributed by atoms with Crippen LogP contribution in [0.15, 0.2) is 24.3 Å². The number of para-hydroxylation sites is 1. The Hall–Kier alpha value is -1.84. The maximum absolute atomic E-state index is 11.4. The number of benzene rings is 1. The fourth-order valence-corrected chi connectivity index (χ4v) is 4.30. The van der Waals surface area contributed by atoms with Crippen LogP contribution in [0, 0.1) is 3.57 Å². The molecule has 0 aliphatic carbocycles. The van der Waals surface area contributed by atoms with Crippen molar-refractivity contribution in [2.24, 2.45) is 0 Å². The van der Waals surface area contributed by atoms with E-state index in [2.05, 4.69) is 4.74 Å². The van der Waals surface area contributed by atoms with Crippen molar-refractivity contribution >= 4 is 38.6 Å². The maximum atomic E-state index is 11.4. The molecule has 1 rings (SSSR count). The minimum atomic E-state index is -3.02. The van der Waals surface area contributed by atoms with Gasteiger partial charge in [-0.05, 0) is 0 Å². The van der Waals surface area contributed by atoms with Gasteiger partial charge in [0.05, 0.1) is 0 Å². The summed E-state index contributed by atoms with van der Waals surface area (Å²) < 4.78 is 20.9. The molecule has 0 aliphatic heterocycles. The van der Waals surface area contributed by atoms with Gasteiger partial charge in [-0.1, -0.05) is 0 Å². The zero-order valence-corrected chi connectivity index (χ0v) is 14.8. The van der Waals surface area contributed by atoms with Crippen LogP contribution in [-0.4, -0.2) is 31.1 Å². The van der Waals surface area contributed by atoms with Crippen LogP contribution in [0.2, 0.25) is 0 Å². The predicted molar refractivity (Wildman–Crippen MR) is 84.8 cm³/mol. The minimum absolute atomic E-state index is 0.313. The molecule has 0 spiro atoms. The van der Waals surface area contributed by atoms with E-state index in [1.807, 2.05) is 0 Å². The Bertz CT molecular complexity index is 542. The molecule has 0 heterocycles. The number of rotatable bonds is 6. The van der Waals surface area contributed by atoms with Crippen molar-refractivity contribution in [3.8, 4) is 5.75 Å². The molecule has 122 valence electrons. The van der Waals surface area contributed by atoms with Gasteiger partial charge in [-0.25, -0.2) is 0 Å². The molecule has 0 aromatic heterocycles. The number of ether oxygens (including phenoxy) is 2. The van der Waals surface area contributed by atoms with Gasteiger partial charge in [0.1, 0.15) is 0 Å². The van der Waals surface area contributed by atoms with E-state index in [-0.39, 0.29) is 0 Å². The van der Waals surface area contributed by atoms with E-state index in [9.17, 15) is 14.4 Å². The Kier molecular flexibility index (Phi) is 7.09. The first-order chi connectivity index (χ1) is 10.3. The molecule has 0 unspecified atom stereocenters. The van der Waals surface area contributed by atoms with Crippen LogP contribution in [0.25, 0.3) is 0 Å². The molecule has 1 atom stereocenters. The summed E-state index contributed by atoms with van der Waals surface area (Å²) >= 11 is -3.02. The Morgan fingerprint density at radius 1 is 1.05 bits per heavy atom. The Labute approximate surface area is 136 Å². The molecule has 0 saturated heterocycles. The molecule has 1 aromatic carbocycles. The van der Waals surface area contributed by atoms with Crippen LogP contribution in [0.1, 0.15) is 20.8 Å². The fraction of sp³-hybridized carbons (Fsp3) is 0.357. The third kappa shape index (κ3) is 5.51. The summed E-state index contributed by atoms with van der Waals surface area (Å²) in [6.07, 6.45) is -0.849. The average Bonchev–Trinajstić information content (AvgIpc) is 2.45. The molecule has 22 heavy (non-hydrogen) atoms. The van der Waals surface area contributed by atoms with Gasteiger partial charge >= 0.3 is 136 Å². The van der Waals surface area contributed by atoms with E-state index in [0.29, 0.717) is 9.32 Å². The van der Waals surface area contributed by atoms with Gasteiger partial charge in [0.15, 0.2) is 0 Å². The summed E-state index contributed by atoms with van der Waals surface area (Å²) in [5, 5.41) is 0. The molecule has 0 radical (unpaired) electrons. The molecule has 1 aromatic rings. The monoisotopic (exact) mass is 424 g/mol. The quantitative estimate of drug-likeness (QED) is 0.512. The average molecular weight is 424 g/mol. The van der Waals surface area contributed by atoms with Gasteiger partial charge in [-0.15, -0.1) is 0 Å². The zero-order valence-electron chi connectivity index (χ0n) is 12.6. The number of halogens is 1. The molecular formula is C14H17IO7. The standard InChI is InChI=1S/C14H17IO7/c1-9(14(18)19-4)20-13-8-6-5-7-12(13)15(21-10(2)16)22-11(3)17/h5-9H,1-4H3/t9-/m0/s1. The Balaban J connectivity index is 3.07. The molecule has 0 N–H and O–H groups in total. The summed E-state index contributed by atoms with van der Waals surface area (Å²) in [5.74, 6) is -1.34. The van der Waals surface area contributed by atoms with E-state index in [1.165, 1.54) is 27.9 Å². The first kappa shape index (κ1) is 18.2. The molecule has 0 fully saturated rings. The molecular weight excluding hydrogens is 407 g/mol. The normalized spacial score (nSPS) is 11.9. The van der Waals surface area contributed by atoms with Crippen molar-refractivity contribution < 1.29 is 30.0 Å². The third-order valence-corrected chi connectivity index (χ3v) is 6.08. The van der Waals surface area contributed by atoms with Crippen LogP contribution < -0.4 is 4.74 Å². The van der Waals surface area contributed by atoms with Crippen molar-refractivity contribution in [1.82, 2.24) is 0 Å². The number of hydrogen-bond donors (Lipinski definition) is 0. The van der Waals surface area contributed by atoms with Crippen LogP contribution in [0.3, 0.4) is 0 Å². The van der Waals surface area contributed by atoms with Gasteiger partial charge in [-0.2, -0.15) is 0 Å². The summed E-state index contributed by atoms with van der Waals surface area (Å²) in [6, 6.07) is 6.63. The number of hydrogen-bond acceptors (Lipinski definition) is 7.